The Morgan fingerprint density at radius 2 is 0.725 bits per heavy atom. The lowest BCUT2D eigenvalue weighted by Crippen LogP contribution is -1.95. The van der Waals surface area contributed by atoms with Crippen LogP contribution in [0.25, 0.3) is 88.4 Å². The van der Waals surface area contributed by atoms with Crippen LogP contribution < -0.4 is 0 Å². The molecular formula is C49H34N2. The molecule has 2 nitrogen and oxygen atoms in total. The van der Waals surface area contributed by atoms with E-state index in [-0.39, 0.29) is 0 Å². The Kier molecular flexibility index (Phi) is 6.75. The van der Waals surface area contributed by atoms with Gasteiger partial charge in [-0.1, -0.05) is 145 Å². The normalized spacial score (nSPS) is 11.6. The molecule has 0 amide bonds. The number of rotatable bonds is 5. The van der Waals surface area contributed by atoms with E-state index in [1.807, 2.05) is 0 Å². The maximum Gasteiger partial charge on any atom is 0.0548 e. The van der Waals surface area contributed by atoms with Crippen LogP contribution in [0.1, 0.15) is 5.56 Å². The van der Waals surface area contributed by atoms with Gasteiger partial charge in [-0.2, -0.15) is 0 Å². The third-order valence-electron chi connectivity index (χ3n) is 10.4. The predicted molar refractivity (Wildman–Crippen MR) is 216 cm³/mol. The van der Waals surface area contributed by atoms with Gasteiger partial charge in [-0.15, -0.1) is 0 Å². The van der Waals surface area contributed by atoms with Crippen LogP contribution in [-0.4, -0.2) is 9.13 Å². The highest BCUT2D eigenvalue weighted by atomic mass is 15.0. The van der Waals surface area contributed by atoms with Crippen LogP contribution in [0.3, 0.4) is 0 Å². The fourth-order valence-electron chi connectivity index (χ4n) is 7.93. The monoisotopic (exact) mass is 650 g/mol. The molecule has 0 saturated carbocycles. The zero-order valence-corrected chi connectivity index (χ0v) is 28.3. The Morgan fingerprint density at radius 3 is 1.31 bits per heavy atom. The van der Waals surface area contributed by atoms with E-state index in [2.05, 4.69) is 204 Å². The summed E-state index contributed by atoms with van der Waals surface area (Å²) < 4.78 is 4.86. The predicted octanol–water partition coefficient (Wildman–Crippen LogP) is 13.2. The van der Waals surface area contributed by atoms with E-state index in [4.69, 9.17) is 0 Å². The lowest BCUT2D eigenvalue weighted by Gasteiger charge is -2.12. The molecule has 0 unspecified atom stereocenters. The largest absolute Gasteiger partial charge is 0.309 e. The average Bonchev–Trinajstić information content (AvgIpc) is 3.72. The second kappa shape index (κ2) is 11.8. The van der Waals surface area contributed by atoms with Gasteiger partial charge in [-0.25, -0.2) is 0 Å². The quantitative estimate of drug-likeness (QED) is 0.175. The number of hydrogen-bond acceptors (Lipinski definition) is 0. The first-order chi connectivity index (χ1) is 25.2. The molecule has 0 bridgehead atoms. The van der Waals surface area contributed by atoms with E-state index in [9.17, 15) is 0 Å². The molecule has 0 radical (unpaired) electrons. The van der Waals surface area contributed by atoms with Crippen LogP contribution in [-0.2, 0) is 0 Å². The minimum Gasteiger partial charge on any atom is -0.309 e. The summed E-state index contributed by atoms with van der Waals surface area (Å²) in [7, 11) is 0. The summed E-state index contributed by atoms with van der Waals surface area (Å²) in [4.78, 5) is 0. The standard InChI is InChI=1S/C49H34N2/c1-33-18-20-35(21-19-33)36-22-24-38(25-23-36)39-12-9-13-41(32-39)51-45-17-8-6-15-43(45)49-47(51)31-30-46-48(49)42-14-5-7-16-44(42)50(46)40-28-26-37(27-29-40)34-10-3-2-4-11-34/h2-32H,1H3. The average molecular weight is 651 g/mol. The molecule has 10 rings (SSSR count). The highest BCUT2D eigenvalue weighted by molar-refractivity contribution is 6.28. The SMILES string of the molecule is Cc1ccc(-c2ccc(-c3cccc(-n4c5ccccc5c5c6c7ccccc7n(-c7ccc(-c8ccccc8)cc7)c6ccc54)c3)cc2)cc1. The summed E-state index contributed by atoms with van der Waals surface area (Å²) >= 11 is 0. The van der Waals surface area contributed by atoms with E-state index < -0.39 is 0 Å². The first-order valence-electron chi connectivity index (χ1n) is 17.6. The number of fused-ring (bicyclic) bond motifs is 7. The van der Waals surface area contributed by atoms with Crippen LogP contribution in [0.5, 0.6) is 0 Å². The second-order valence-electron chi connectivity index (χ2n) is 13.5. The third kappa shape index (κ3) is 4.80. The van der Waals surface area contributed by atoms with Crippen molar-refractivity contribution in [3.05, 3.63) is 194 Å². The lowest BCUT2D eigenvalue weighted by atomic mass is 9.99. The smallest absolute Gasteiger partial charge is 0.0548 e. The molecule has 0 saturated heterocycles. The van der Waals surface area contributed by atoms with Gasteiger partial charge in [0.15, 0.2) is 0 Å². The molecule has 2 heteroatoms. The van der Waals surface area contributed by atoms with Crippen molar-refractivity contribution in [1.29, 1.82) is 0 Å². The van der Waals surface area contributed by atoms with Gasteiger partial charge in [0.2, 0.25) is 0 Å². The minimum atomic E-state index is 1.15. The van der Waals surface area contributed by atoms with E-state index in [0.29, 0.717) is 0 Å². The summed E-state index contributed by atoms with van der Waals surface area (Å²) in [5.41, 5.74) is 15.7. The molecule has 0 fully saturated rings. The fraction of sp³-hybridized carbons (Fsp3) is 0.0204. The summed E-state index contributed by atoms with van der Waals surface area (Å²) in [5, 5.41) is 5.09. The Bertz CT molecular complexity index is 2870. The van der Waals surface area contributed by atoms with Crippen molar-refractivity contribution in [3.8, 4) is 44.8 Å². The summed E-state index contributed by atoms with van der Waals surface area (Å²) in [6.45, 7) is 2.13. The molecule has 0 spiro atoms. The summed E-state index contributed by atoms with van der Waals surface area (Å²) in [6.07, 6.45) is 0. The fourth-order valence-corrected chi connectivity index (χ4v) is 7.93. The van der Waals surface area contributed by atoms with E-state index in [1.165, 1.54) is 82.6 Å². The number of benzene rings is 8. The van der Waals surface area contributed by atoms with Gasteiger partial charge >= 0.3 is 0 Å². The van der Waals surface area contributed by atoms with E-state index in [1.54, 1.807) is 0 Å². The number of aromatic nitrogens is 2. The minimum absolute atomic E-state index is 1.15. The third-order valence-corrected chi connectivity index (χ3v) is 10.4. The first-order valence-corrected chi connectivity index (χ1v) is 17.6. The molecule has 0 N–H and O–H groups in total. The van der Waals surface area contributed by atoms with Gasteiger partial charge in [0, 0.05) is 32.9 Å². The molecule has 8 aromatic carbocycles. The van der Waals surface area contributed by atoms with Gasteiger partial charge in [0.05, 0.1) is 22.1 Å². The van der Waals surface area contributed by atoms with Gasteiger partial charge in [-0.05, 0) is 88.8 Å². The van der Waals surface area contributed by atoms with Crippen LogP contribution in [0, 0.1) is 6.92 Å². The van der Waals surface area contributed by atoms with E-state index >= 15 is 0 Å². The van der Waals surface area contributed by atoms with Crippen molar-refractivity contribution >= 4 is 43.6 Å². The molecule has 240 valence electrons. The maximum atomic E-state index is 2.44. The van der Waals surface area contributed by atoms with Crippen molar-refractivity contribution in [2.45, 2.75) is 6.92 Å². The molecule has 0 atom stereocenters. The second-order valence-corrected chi connectivity index (χ2v) is 13.5. The van der Waals surface area contributed by atoms with E-state index in [0.717, 1.165) is 11.4 Å². The molecule has 10 aromatic rings. The number of nitrogens with zero attached hydrogens (tertiary/aromatic N) is 2. The number of aryl methyl sites for hydroxylation is 1. The van der Waals surface area contributed by atoms with Crippen molar-refractivity contribution in [2.75, 3.05) is 0 Å². The Hall–Kier alpha value is -6.64. The van der Waals surface area contributed by atoms with Gasteiger partial charge in [0.25, 0.3) is 0 Å². The van der Waals surface area contributed by atoms with Gasteiger partial charge < -0.3 is 9.13 Å². The topological polar surface area (TPSA) is 9.86 Å². The first kappa shape index (κ1) is 29.3. The van der Waals surface area contributed by atoms with Crippen LogP contribution >= 0.6 is 0 Å². The van der Waals surface area contributed by atoms with Crippen LogP contribution in [0.2, 0.25) is 0 Å². The number of hydrogen-bond donors (Lipinski definition) is 0. The van der Waals surface area contributed by atoms with Gasteiger partial charge in [-0.3, -0.25) is 0 Å². The zero-order chi connectivity index (χ0) is 33.9. The molecule has 0 aliphatic heterocycles. The maximum absolute atomic E-state index is 2.44. The van der Waals surface area contributed by atoms with Crippen LogP contribution in [0.15, 0.2) is 188 Å². The van der Waals surface area contributed by atoms with Gasteiger partial charge in [0.1, 0.15) is 0 Å². The molecule has 2 heterocycles. The lowest BCUT2D eigenvalue weighted by molar-refractivity contribution is 1.17. The molecule has 0 aliphatic rings. The molecule has 51 heavy (non-hydrogen) atoms. The Morgan fingerprint density at radius 1 is 0.294 bits per heavy atom. The van der Waals surface area contributed by atoms with Crippen molar-refractivity contribution in [1.82, 2.24) is 9.13 Å². The van der Waals surface area contributed by atoms with Crippen LogP contribution in [0.4, 0.5) is 0 Å². The highest BCUT2D eigenvalue weighted by Crippen LogP contribution is 2.42. The van der Waals surface area contributed by atoms with Crippen molar-refractivity contribution < 1.29 is 0 Å². The zero-order valence-electron chi connectivity index (χ0n) is 28.3. The summed E-state index contributed by atoms with van der Waals surface area (Å²) in [5.74, 6) is 0. The number of para-hydroxylation sites is 2. The molecule has 2 aromatic heterocycles. The van der Waals surface area contributed by atoms with Crippen molar-refractivity contribution in [2.24, 2.45) is 0 Å². The molecule has 0 aliphatic carbocycles. The Labute approximate surface area is 297 Å². The Balaban J connectivity index is 1.14. The highest BCUT2D eigenvalue weighted by Gasteiger charge is 2.20. The summed E-state index contributed by atoms with van der Waals surface area (Å²) in [6, 6.07) is 68.5. The van der Waals surface area contributed by atoms with Crippen molar-refractivity contribution in [3.63, 3.8) is 0 Å². The molecular weight excluding hydrogens is 617 g/mol.